The number of rotatable bonds is 3. The van der Waals surface area contributed by atoms with Crippen LogP contribution in [-0.2, 0) is 12.8 Å². The Kier molecular flexibility index (Phi) is 3.39. The molecule has 1 unspecified atom stereocenters. The van der Waals surface area contributed by atoms with Gasteiger partial charge in [0.15, 0.2) is 0 Å². The van der Waals surface area contributed by atoms with Crippen molar-refractivity contribution in [3.05, 3.63) is 50.1 Å². The van der Waals surface area contributed by atoms with Crippen molar-refractivity contribution in [3.8, 4) is 0 Å². The summed E-state index contributed by atoms with van der Waals surface area (Å²) < 4.78 is 15.5. The number of benzene rings is 1. The summed E-state index contributed by atoms with van der Waals surface area (Å²) >= 11 is 5.00. The van der Waals surface area contributed by atoms with Crippen molar-refractivity contribution in [2.24, 2.45) is 0 Å². The Morgan fingerprint density at radius 2 is 2.33 bits per heavy atom. The van der Waals surface area contributed by atoms with Crippen LogP contribution in [0.25, 0.3) is 0 Å². The topological polar surface area (TPSA) is 12.0 Å². The van der Waals surface area contributed by atoms with Crippen molar-refractivity contribution in [1.82, 2.24) is 0 Å². The monoisotopic (exact) mass is 325 g/mol. The summed E-state index contributed by atoms with van der Waals surface area (Å²) in [6.45, 7) is 0.920. The second kappa shape index (κ2) is 5.02. The Balaban J connectivity index is 1.84. The van der Waals surface area contributed by atoms with Gasteiger partial charge in [-0.15, -0.1) is 11.3 Å². The number of thiophene rings is 1. The van der Waals surface area contributed by atoms with E-state index in [0.29, 0.717) is 6.42 Å². The molecule has 0 saturated heterocycles. The molecule has 0 fully saturated rings. The summed E-state index contributed by atoms with van der Waals surface area (Å²) in [6.07, 6.45) is 0.519. The minimum absolute atomic E-state index is 0.453. The zero-order chi connectivity index (χ0) is 12.5. The van der Waals surface area contributed by atoms with Crippen molar-refractivity contribution < 1.29 is 4.39 Å². The van der Waals surface area contributed by atoms with Gasteiger partial charge in [0.05, 0.1) is 0 Å². The van der Waals surface area contributed by atoms with Gasteiger partial charge in [-0.3, -0.25) is 0 Å². The molecule has 1 aliphatic heterocycles. The number of halogens is 2. The fourth-order valence-electron chi connectivity index (χ4n) is 2.37. The van der Waals surface area contributed by atoms with Crippen LogP contribution in [0.2, 0.25) is 0 Å². The van der Waals surface area contributed by atoms with Crippen LogP contribution in [-0.4, -0.2) is 6.54 Å². The smallest absolute Gasteiger partial charge is 0.132 e. The second-order valence-electron chi connectivity index (χ2n) is 4.46. The van der Waals surface area contributed by atoms with Crippen LogP contribution in [0.4, 0.5) is 10.1 Å². The summed E-state index contributed by atoms with van der Waals surface area (Å²) in [6, 6.07) is 7.92. The Bertz CT molecular complexity index is 567. The molecule has 1 aromatic heterocycles. The van der Waals surface area contributed by atoms with Crippen LogP contribution in [0.3, 0.4) is 0 Å². The summed E-state index contributed by atoms with van der Waals surface area (Å²) in [5, 5.41) is 5.29. The largest absolute Gasteiger partial charge is 0.384 e. The molecule has 1 N–H and O–H groups in total. The van der Waals surface area contributed by atoms with E-state index in [2.05, 4.69) is 27.3 Å². The van der Waals surface area contributed by atoms with E-state index in [4.69, 9.17) is 0 Å². The van der Waals surface area contributed by atoms with Gasteiger partial charge in [-0.2, -0.15) is 0 Å². The maximum absolute atomic E-state index is 14.4. The number of fused-ring (bicyclic) bond motifs is 1. The molecule has 1 atom stereocenters. The molecule has 2 aromatic rings. The number of nitrogens with one attached hydrogen (secondary N) is 1. The lowest BCUT2D eigenvalue weighted by molar-refractivity contribution is 0.345. The maximum atomic E-state index is 14.4. The van der Waals surface area contributed by atoms with Gasteiger partial charge >= 0.3 is 0 Å². The van der Waals surface area contributed by atoms with Crippen molar-refractivity contribution >= 4 is 33.0 Å². The number of hydrogen-bond donors (Lipinski definition) is 1. The summed E-state index contributed by atoms with van der Waals surface area (Å²) in [4.78, 5) is 1.07. The Morgan fingerprint density at radius 1 is 1.44 bits per heavy atom. The lowest BCUT2D eigenvalue weighted by Crippen LogP contribution is -2.01. The highest BCUT2D eigenvalue weighted by molar-refractivity contribution is 9.10. The minimum Gasteiger partial charge on any atom is -0.384 e. The third-order valence-electron chi connectivity index (χ3n) is 3.22. The molecule has 1 aromatic carbocycles. The van der Waals surface area contributed by atoms with E-state index < -0.39 is 6.17 Å². The van der Waals surface area contributed by atoms with E-state index >= 15 is 0 Å². The summed E-state index contributed by atoms with van der Waals surface area (Å²) in [5.41, 5.74) is 3.05. The predicted molar refractivity (Wildman–Crippen MR) is 78.2 cm³/mol. The van der Waals surface area contributed by atoms with Crippen molar-refractivity contribution in [3.63, 3.8) is 0 Å². The first-order chi connectivity index (χ1) is 8.74. The van der Waals surface area contributed by atoms with Gasteiger partial charge in [0, 0.05) is 38.9 Å². The third-order valence-corrected chi connectivity index (χ3v) is 4.94. The molecule has 0 bridgehead atoms. The highest BCUT2D eigenvalue weighted by Gasteiger charge is 2.20. The van der Waals surface area contributed by atoms with E-state index in [1.807, 2.05) is 23.6 Å². The standard InChI is InChI=1S/C14H13BrFNS/c15-10-6-11(18-8-10)7-13(16)12-3-1-2-9-4-5-17-14(9)12/h1-3,6,8,13,17H,4-5,7H2. The van der Waals surface area contributed by atoms with E-state index in [-0.39, 0.29) is 0 Å². The van der Waals surface area contributed by atoms with Crippen LogP contribution in [0, 0.1) is 0 Å². The van der Waals surface area contributed by atoms with Crippen LogP contribution < -0.4 is 5.32 Å². The molecule has 1 aliphatic rings. The zero-order valence-corrected chi connectivity index (χ0v) is 12.2. The first kappa shape index (κ1) is 12.2. The van der Waals surface area contributed by atoms with Crippen LogP contribution in [0.5, 0.6) is 0 Å². The molecule has 0 saturated carbocycles. The van der Waals surface area contributed by atoms with E-state index in [1.165, 1.54) is 5.56 Å². The van der Waals surface area contributed by atoms with Gasteiger partial charge < -0.3 is 5.32 Å². The van der Waals surface area contributed by atoms with Gasteiger partial charge in [-0.1, -0.05) is 18.2 Å². The highest BCUT2D eigenvalue weighted by atomic mass is 79.9. The van der Waals surface area contributed by atoms with E-state index in [0.717, 1.165) is 33.6 Å². The third kappa shape index (κ3) is 2.31. The molecule has 0 aliphatic carbocycles. The number of hydrogen-bond acceptors (Lipinski definition) is 2. The quantitative estimate of drug-likeness (QED) is 0.860. The number of alkyl halides is 1. The summed E-state index contributed by atoms with van der Waals surface area (Å²) in [5.74, 6) is 0. The molecule has 94 valence electrons. The molecule has 18 heavy (non-hydrogen) atoms. The number of para-hydroxylation sites is 1. The fraction of sp³-hybridized carbons (Fsp3) is 0.286. The van der Waals surface area contributed by atoms with Gasteiger partial charge in [-0.05, 0) is 34.0 Å². The molecule has 0 amide bonds. The number of anilines is 1. The van der Waals surface area contributed by atoms with Gasteiger partial charge in [0.2, 0.25) is 0 Å². The SMILES string of the molecule is FC(Cc1cc(Br)cs1)c1cccc2c1NCC2. The molecular formula is C14H13BrFNS. The highest BCUT2D eigenvalue weighted by Crippen LogP contribution is 2.35. The van der Waals surface area contributed by atoms with E-state index in [1.54, 1.807) is 11.3 Å². The predicted octanol–water partition coefficient (Wildman–Crippen LogP) is 4.73. The molecule has 2 heterocycles. The maximum Gasteiger partial charge on any atom is 0.132 e. The average molecular weight is 326 g/mol. The van der Waals surface area contributed by atoms with Crippen LogP contribution in [0.1, 0.15) is 22.2 Å². The molecule has 3 rings (SSSR count). The van der Waals surface area contributed by atoms with E-state index in [9.17, 15) is 4.39 Å². The van der Waals surface area contributed by atoms with Crippen LogP contribution in [0.15, 0.2) is 34.1 Å². The molecule has 1 nitrogen and oxygen atoms in total. The zero-order valence-electron chi connectivity index (χ0n) is 9.75. The van der Waals surface area contributed by atoms with Crippen molar-refractivity contribution in [1.29, 1.82) is 0 Å². The summed E-state index contributed by atoms with van der Waals surface area (Å²) in [7, 11) is 0. The average Bonchev–Trinajstić information content (AvgIpc) is 2.97. The molecular weight excluding hydrogens is 313 g/mol. The first-order valence-electron chi connectivity index (χ1n) is 5.96. The van der Waals surface area contributed by atoms with Gasteiger partial charge in [-0.25, -0.2) is 4.39 Å². The lowest BCUT2D eigenvalue weighted by Gasteiger charge is -2.12. The van der Waals surface area contributed by atoms with Gasteiger partial charge in [0.25, 0.3) is 0 Å². The normalized spacial score (nSPS) is 15.2. The lowest BCUT2D eigenvalue weighted by atomic mass is 10.0. The second-order valence-corrected chi connectivity index (χ2v) is 6.37. The van der Waals surface area contributed by atoms with Crippen molar-refractivity contribution in [2.45, 2.75) is 19.0 Å². The molecule has 4 heteroatoms. The first-order valence-corrected chi connectivity index (χ1v) is 7.64. The Labute approximate surface area is 118 Å². The minimum atomic E-state index is -0.934. The Morgan fingerprint density at radius 3 is 3.11 bits per heavy atom. The van der Waals surface area contributed by atoms with Gasteiger partial charge in [0.1, 0.15) is 6.17 Å². The molecule has 0 radical (unpaired) electrons. The fourth-order valence-corrected chi connectivity index (χ4v) is 3.85. The Hall–Kier alpha value is -0.870. The van der Waals surface area contributed by atoms with Crippen LogP contribution >= 0.6 is 27.3 Å². The van der Waals surface area contributed by atoms with Crippen molar-refractivity contribution in [2.75, 3.05) is 11.9 Å². The molecule has 0 spiro atoms.